The molecule has 6 heteroatoms. The molecule has 2 N–H and O–H groups in total. The summed E-state index contributed by atoms with van der Waals surface area (Å²) < 4.78 is 19.4. The van der Waals surface area contributed by atoms with Crippen molar-refractivity contribution in [2.24, 2.45) is 0 Å². The topological polar surface area (TPSA) is 55.6 Å². The smallest absolute Gasteiger partial charge is 0.257 e. The molecule has 4 nitrogen and oxygen atoms in total. The summed E-state index contributed by atoms with van der Waals surface area (Å²) in [5.41, 5.74) is 6.39. The molecule has 2 aromatic rings. The summed E-state index contributed by atoms with van der Waals surface area (Å²) >= 11 is 5.71. The van der Waals surface area contributed by atoms with Crippen molar-refractivity contribution in [1.82, 2.24) is 4.90 Å². The first kappa shape index (κ1) is 15.1. The molecule has 0 aromatic heterocycles. The van der Waals surface area contributed by atoms with Crippen LogP contribution in [0.3, 0.4) is 0 Å². The number of nitrogens with zero attached hydrogens (tertiary/aromatic N) is 1. The summed E-state index contributed by atoms with van der Waals surface area (Å²) in [6.45, 7) is 0. The molecule has 0 atom stereocenters. The minimum Gasteiger partial charge on any atom is -0.453 e. The van der Waals surface area contributed by atoms with Crippen molar-refractivity contribution in [2.45, 2.75) is 0 Å². The molecule has 0 saturated heterocycles. The zero-order valence-electron chi connectivity index (χ0n) is 11.6. The van der Waals surface area contributed by atoms with Gasteiger partial charge < -0.3 is 15.4 Å². The van der Waals surface area contributed by atoms with Crippen molar-refractivity contribution in [2.75, 3.05) is 19.8 Å². The Hall–Kier alpha value is -2.27. The minimum atomic E-state index is -0.690. The van der Waals surface area contributed by atoms with Crippen LogP contribution >= 0.6 is 11.6 Å². The fraction of sp³-hybridized carbons (Fsp3) is 0.133. The number of ether oxygens (including phenoxy) is 1. The predicted octanol–water partition coefficient (Wildman–Crippen LogP) is 3.56. The second kappa shape index (κ2) is 6.01. The van der Waals surface area contributed by atoms with Crippen molar-refractivity contribution in [1.29, 1.82) is 0 Å². The zero-order chi connectivity index (χ0) is 15.6. The van der Waals surface area contributed by atoms with Gasteiger partial charge in [-0.3, -0.25) is 4.79 Å². The number of carbonyl (C=O) groups excluding carboxylic acids is 1. The molecule has 2 rings (SSSR count). The highest BCUT2D eigenvalue weighted by molar-refractivity contribution is 6.30. The largest absolute Gasteiger partial charge is 0.453 e. The molecule has 1 amide bonds. The molecule has 0 aliphatic rings. The number of anilines is 1. The van der Waals surface area contributed by atoms with E-state index in [1.165, 1.54) is 29.2 Å². The highest BCUT2D eigenvalue weighted by Gasteiger charge is 2.17. The van der Waals surface area contributed by atoms with E-state index in [0.29, 0.717) is 5.69 Å². The van der Waals surface area contributed by atoms with Crippen LogP contribution in [0.1, 0.15) is 10.4 Å². The van der Waals surface area contributed by atoms with Crippen LogP contribution in [-0.2, 0) is 0 Å². The predicted molar refractivity (Wildman–Crippen MR) is 80.4 cm³/mol. The van der Waals surface area contributed by atoms with E-state index in [1.807, 2.05) is 0 Å². The Labute approximate surface area is 126 Å². The SMILES string of the molecule is CN(C)C(=O)c1ccc(N)cc1Oc1cccc(Cl)c1F. The lowest BCUT2D eigenvalue weighted by Gasteiger charge is -2.15. The van der Waals surface area contributed by atoms with E-state index < -0.39 is 5.82 Å². The number of amides is 1. The van der Waals surface area contributed by atoms with Crippen molar-refractivity contribution >= 4 is 23.2 Å². The average Bonchev–Trinajstić information content (AvgIpc) is 2.43. The molecule has 21 heavy (non-hydrogen) atoms. The molecule has 2 aromatic carbocycles. The van der Waals surface area contributed by atoms with Crippen LogP contribution in [0.4, 0.5) is 10.1 Å². The number of rotatable bonds is 3. The fourth-order valence-corrected chi connectivity index (χ4v) is 1.89. The maximum Gasteiger partial charge on any atom is 0.257 e. The van der Waals surface area contributed by atoms with E-state index in [4.69, 9.17) is 22.1 Å². The van der Waals surface area contributed by atoms with Gasteiger partial charge in [-0.15, -0.1) is 0 Å². The Morgan fingerprint density at radius 3 is 2.62 bits per heavy atom. The molecule has 0 spiro atoms. The molecule has 0 fully saturated rings. The van der Waals surface area contributed by atoms with Gasteiger partial charge in [0.05, 0.1) is 10.6 Å². The molecule has 0 heterocycles. The van der Waals surface area contributed by atoms with Gasteiger partial charge in [-0.1, -0.05) is 17.7 Å². The van der Waals surface area contributed by atoms with Gasteiger partial charge >= 0.3 is 0 Å². The molecular formula is C15H14ClFN2O2. The summed E-state index contributed by atoms with van der Waals surface area (Å²) in [5, 5.41) is -0.0584. The molecule has 0 unspecified atom stereocenters. The van der Waals surface area contributed by atoms with E-state index in [-0.39, 0.29) is 28.0 Å². The van der Waals surface area contributed by atoms with Crippen LogP contribution in [0.2, 0.25) is 5.02 Å². The van der Waals surface area contributed by atoms with Gasteiger partial charge in [-0.2, -0.15) is 0 Å². The van der Waals surface area contributed by atoms with Gasteiger partial charge in [0.2, 0.25) is 0 Å². The number of hydrogen-bond donors (Lipinski definition) is 1. The number of nitrogens with two attached hydrogens (primary N) is 1. The summed E-state index contributed by atoms with van der Waals surface area (Å²) in [5.74, 6) is -0.854. The van der Waals surface area contributed by atoms with Gasteiger partial charge in [0.15, 0.2) is 11.6 Å². The van der Waals surface area contributed by atoms with Crippen LogP contribution in [0, 0.1) is 5.82 Å². The summed E-state index contributed by atoms with van der Waals surface area (Å²) in [4.78, 5) is 13.5. The van der Waals surface area contributed by atoms with Gasteiger partial charge in [0.1, 0.15) is 5.75 Å². The third-order valence-corrected chi connectivity index (χ3v) is 3.07. The average molecular weight is 309 g/mol. The summed E-state index contributed by atoms with van der Waals surface area (Å²) in [6, 6.07) is 8.98. The number of carbonyl (C=O) groups is 1. The lowest BCUT2D eigenvalue weighted by atomic mass is 10.1. The van der Waals surface area contributed by atoms with Crippen molar-refractivity contribution in [3.05, 3.63) is 52.8 Å². The van der Waals surface area contributed by atoms with Crippen LogP contribution in [0.5, 0.6) is 11.5 Å². The molecule has 0 radical (unpaired) electrons. The maximum atomic E-state index is 13.9. The molecule has 0 saturated carbocycles. The van der Waals surface area contributed by atoms with Crippen LogP contribution in [0.15, 0.2) is 36.4 Å². The van der Waals surface area contributed by atoms with Gasteiger partial charge in [0, 0.05) is 25.8 Å². The second-order valence-corrected chi connectivity index (χ2v) is 5.02. The number of hydrogen-bond acceptors (Lipinski definition) is 3. The highest BCUT2D eigenvalue weighted by Crippen LogP contribution is 2.32. The Balaban J connectivity index is 2.46. The van der Waals surface area contributed by atoms with E-state index in [9.17, 15) is 9.18 Å². The zero-order valence-corrected chi connectivity index (χ0v) is 12.3. The normalized spacial score (nSPS) is 10.3. The first-order chi connectivity index (χ1) is 9.90. The van der Waals surface area contributed by atoms with Crippen molar-refractivity contribution in [3.63, 3.8) is 0 Å². The van der Waals surface area contributed by atoms with E-state index in [1.54, 1.807) is 26.2 Å². The Morgan fingerprint density at radius 2 is 1.95 bits per heavy atom. The third-order valence-electron chi connectivity index (χ3n) is 2.78. The first-order valence-electron chi connectivity index (χ1n) is 6.13. The van der Waals surface area contributed by atoms with Crippen LogP contribution in [-0.4, -0.2) is 24.9 Å². The van der Waals surface area contributed by atoms with Crippen molar-refractivity contribution < 1.29 is 13.9 Å². The third kappa shape index (κ3) is 3.25. The number of benzene rings is 2. The van der Waals surface area contributed by atoms with E-state index in [0.717, 1.165) is 0 Å². The van der Waals surface area contributed by atoms with Gasteiger partial charge in [0.25, 0.3) is 5.91 Å². The highest BCUT2D eigenvalue weighted by atomic mass is 35.5. The number of nitrogen functional groups attached to an aromatic ring is 1. The molecular weight excluding hydrogens is 295 g/mol. The number of halogens is 2. The van der Waals surface area contributed by atoms with Gasteiger partial charge in [-0.25, -0.2) is 4.39 Å². The second-order valence-electron chi connectivity index (χ2n) is 4.61. The lowest BCUT2D eigenvalue weighted by molar-refractivity contribution is 0.0825. The maximum absolute atomic E-state index is 13.9. The molecule has 110 valence electrons. The fourth-order valence-electron chi connectivity index (χ4n) is 1.72. The lowest BCUT2D eigenvalue weighted by Crippen LogP contribution is -2.22. The van der Waals surface area contributed by atoms with E-state index in [2.05, 4.69) is 0 Å². The van der Waals surface area contributed by atoms with Crippen LogP contribution in [0.25, 0.3) is 0 Å². The Morgan fingerprint density at radius 1 is 1.24 bits per heavy atom. The van der Waals surface area contributed by atoms with Gasteiger partial charge in [-0.05, 0) is 24.3 Å². The quantitative estimate of drug-likeness (QED) is 0.882. The Kier molecular flexibility index (Phi) is 4.33. The molecule has 0 aliphatic heterocycles. The first-order valence-corrected chi connectivity index (χ1v) is 6.51. The summed E-state index contributed by atoms with van der Waals surface area (Å²) in [6.07, 6.45) is 0. The molecule has 0 aliphatic carbocycles. The standard InChI is InChI=1S/C15H14ClFN2O2/c1-19(2)15(20)10-7-6-9(18)8-13(10)21-12-5-3-4-11(16)14(12)17/h3-8H,18H2,1-2H3. The van der Waals surface area contributed by atoms with E-state index >= 15 is 0 Å². The minimum absolute atomic E-state index is 0.0584. The monoisotopic (exact) mass is 308 g/mol. The molecule has 0 bridgehead atoms. The Bertz CT molecular complexity index is 689. The van der Waals surface area contributed by atoms with Crippen LogP contribution < -0.4 is 10.5 Å². The summed E-state index contributed by atoms with van der Waals surface area (Å²) in [7, 11) is 3.23. The van der Waals surface area contributed by atoms with Crippen molar-refractivity contribution in [3.8, 4) is 11.5 Å².